The molecule has 10 nitrogen and oxygen atoms in total. The van der Waals surface area contributed by atoms with Gasteiger partial charge in [0, 0.05) is 0 Å². The SMILES string of the molecule is CC(C)(C)OC(=O)NC(COC(=O)CCS(=O)(=O)O)C(=O)O. The van der Waals surface area contributed by atoms with Crippen molar-refractivity contribution in [3.05, 3.63) is 0 Å². The molecule has 0 aromatic carbocycles. The van der Waals surface area contributed by atoms with Crippen LogP contribution in [0.4, 0.5) is 4.79 Å². The summed E-state index contributed by atoms with van der Waals surface area (Å²) in [6.45, 7) is 4.03. The molecule has 0 bridgehead atoms. The Morgan fingerprint density at radius 1 is 1.23 bits per heavy atom. The van der Waals surface area contributed by atoms with E-state index in [9.17, 15) is 22.8 Å². The van der Waals surface area contributed by atoms with Crippen molar-refractivity contribution in [3.63, 3.8) is 0 Å². The smallest absolute Gasteiger partial charge is 0.408 e. The molecule has 128 valence electrons. The van der Waals surface area contributed by atoms with Gasteiger partial charge in [-0.05, 0) is 20.8 Å². The van der Waals surface area contributed by atoms with Gasteiger partial charge in [0.2, 0.25) is 0 Å². The van der Waals surface area contributed by atoms with Crippen LogP contribution in [0.1, 0.15) is 27.2 Å². The summed E-state index contributed by atoms with van der Waals surface area (Å²) in [5.74, 6) is -3.34. The highest BCUT2D eigenvalue weighted by Crippen LogP contribution is 2.07. The number of aliphatic carboxylic acids is 1. The highest BCUT2D eigenvalue weighted by Gasteiger charge is 2.25. The summed E-state index contributed by atoms with van der Waals surface area (Å²) in [5.41, 5.74) is -0.834. The van der Waals surface area contributed by atoms with Crippen LogP contribution >= 0.6 is 0 Å². The molecule has 0 radical (unpaired) electrons. The largest absolute Gasteiger partial charge is 0.480 e. The molecule has 0 saturated carbocycles. The van der Waals surface area contributed by atoms with Crippen LogP contribution in [0.2, 0.25) is 0 Å². The minimum atomic E-state index is -4.32. The van der Waals surface area contributed by atoms with Crippen LogP contribution in [0, 0.1) is 0 Å². The Labute approximate surface area is 127 Å². The first-order valence-electron chi connectivity index (χ1n) is 6.13. The average Bonchev–Trinajstić information content (AvgIpc) is 2.28. The second-order valence-electron chi connectivity index (χ2n) is 5.26. The molecule has 0 aliphatic rings. The first-order valence-corrected chi connectivity index (χ1v) is 7.74. The Morgan fingerprint density at radius 2 is 1.77 bits per heavy atom. The monoisotopic (exact) mass is 341 g/mol. The van der Waals surface area contributed by atoms with Crippen LogP contribution in [0.5, 0.6) is 0 Å². The van der Waals surface area contributed by atoms with Crippen LogP contribution in [0.15, 0.2) is 0 Å². The molecule has 22 heavy (non-hydrogen) atoms. The maximum absolute atomic E-state index is 11.4. The number of alkyl carbamates (subject to hydrolysis) is 1. The number of amides is 1. The van der Waals surface area contributed by atoms with Gasteiger partial charge in [0.05, 0.1) is 12.2 Å². The number of carboxylic acids is 1. The van der Waals surface area contributed by atoms with E-state index in [2.05, 4.69) is 4.74 Å². The van der Waals surface area contributed by atoms with E-state index in [4.69, 9.17) is 14.4 Å². The Hall–Kier alpha value is -1.88. The van der Waals surface area contributed by atoms with Crippen LogP contribution in [0.3, 0.4) is 0 Å². The van der Waals surface area contributed by atoms with Gasteiger partial charge in [-0.1, -0.05) is 0 Å². The molecule has 0 aromatic rings. The number of nitrogens with one attached hydrogen (secondary N) is 1. The van der Waals surface area contributed by atoms with Gasteiger partial charge < -0.3 is 19.9 Å². The van der Waals surface area contributed by atoms with E-state index >= 15 is 0 Å². The van der Waals surface area contributed by atoms with Gasteiger partial charge in [0.1, 0.15) is 12.2 Å². The van der Waals surface area contributed by atoms with Crippen LogP contribution in [0.25, 0.3) is 0 Å². The topological polar surface area (TPSA) is 156 Å². The summed E-state index contributed by atoms with van der Waals surface area (Å²) in [6, 6.07) is -1.55. The van der Waals surface area contributed by atoms with Crippen molar-refractivity contribution in [2.75, 3.05) is 12.4 Å². The van der Waals surface area contributed by atoms with Gasteiger partial charge in [-0.2, -0.15) is 8.42 Å². The number of rotatable bonds is 7. The summed E-state index contributed by atoms with van der Waals surface area (Å²) >= 11 is 0. The quantitative estimate of drug-likeness (QED) is 0.421. The van der Waals surface area contributed by atoms with Crippen molar-refractivity contribution in [1.29, 1.82) is 0 Å². The molecule has 0 fully saturated rings. The molecule has 1 amide bonds. The number of carbonyl (C=O) groups is 3. The molecule has 0 rings (SSSR count). The van der Waals surface area contributed by atoms with E-state index in [1.807, 2.05) is 5.32 Å². The molecule has 1 unspecified atom stereocenters. The molecule has 11 heteroatoms. The summed E-state index contributed by atoms with van der Waals surface area (Å²) in [5, 5.41) is 10.9. The average molecular weight is 341 g/mol. The molecule has 3 N–H and O–H groups in total. The number of hydrogen-bond donors (Lipinski definition) is 3. The molecule has 0 aromatic heterocycles. The number of esters is 1. The van der Waals surface area contributed by atoms with Crippen molar-refractivity contribution in [2.24, 2.45) is 0 Å². The minimum absolute atomic E-state index is 0.641. The number of hydrogen-bond acceptors (Lipinski definition) is 7. The zero-order valence-electron chi connectivity index (χ0n) is 12.4. The Balaban J connectivity index is 4.40. The lowest BCUT2D eigenvalue weighted by atomic mass is 10.2. The van der Waals surface area contributed by atoms with E-state index in [-0.39, 0.29) is 0 Å². The fourth-order valence-electron chi connectivity index (χ4n) is 1.09. The molecule has 0 spiro atoms. The Morgan fingerprint density at radius 3 is 2.18 bits per heavy atom. The minimum Gasteiger partial charge on any atom is -0.480 e. The summed E-state index contributed by atoms with van der Waals surface area (Å²) in [4.78, 5) is 33.6. The third kappa shape index (κ3) is 10.9. The molecule has 0 saturated heterocycles. The molecule has 0 aliphatic heterocycles. The number of carbonyl (C=O) groups excluding carboxylic acids is 2. The third-order valence-corrected chi connectivity index (χ3v) is 2.68. The standard InChI is InChI=1S/C11H19NO9S/c1-11(2,3)21-10(16)12-7(9(14)15)6-20-8(13)4-5-22(17,18)19/h7H,4-6H2,1-3H3,(H,12,16)(H,14,15)(H,17,18,19). The van der Waals surface area contributed by atoms with Gasteiger partial charge in [-0.15, -0.1) is 0 Å². The fraction of sp³-hybridized carbons (Fsp3) is 0.727. The van der Waals surface area contributed by atoms with Crippen molar-refractivity contribution in [2.45, 2.75) is 38.8 Å². The highest BCUT2D eigenvalue weighted by molar-refractivity contribution is 7.85. The molecule has 0 heterocycles. The van der Waals surface area contributed by atoms with Crippen molar-refractivity contribution >= 4 is 28.1 Å². The van der Waals surface area contributed by atoms with E-state index in [1.54, 1.807) is 20.8 Å². The van der Waals surface area contributed by atoms with Crippen molar-refractivity contribution in [3.8, 4) is 0 Å². The third-order valence-electron chi connectivity index (χ3n) is 1.96. The zero-order valence-corrected chi connectivity index (χ0v) is 13.2. The summed E-state index contributed by atoms with van der Waals surface area (Å²) < 4.78 is 38.7. The van der Waals surface area contributed by atoms with Crippen molar-refractivity contribution < 1.29 is 41.9 Å². The fourth-order valence-corrected chi connectivity index (χ4v) is 1.51. The van der Waals surface area contributed by atoms with Gasteiger partial charge in [-0.25, -0.2) is 9.59 Å². The van der Waals surface area contributed by atoms with Crippen LogP contribution in [-0.4, -0.2) is 60.1 Å². The molecular weight excluding hydrogens is 322 g/mol. The normalized spacial score (nSPS) is 13.1. The van der Waals surface area contributed by atoms with E-state index in [0.717, 1.165) is 0 Å². The van der Waals surface area contributed by atoms with E-state index in [1.165, 1.54) is 0 Å². The van der Waals surface area contributed by atoms with E-state index < -0.39 is 58.6 Å². The molecule has 1 atom stereocenters. The van der Waals surface area contributed by atoms with Gasteiger partial charge in [-0.3, -0.25) is 9.35 Å². The Kier molecular flexibility index (Phi) is 7.26. The second kappa shape index (κ2) is 7.94. The molecule has 0 aliphatic carbocycles. The lowest BCUT2D eigenvalue weighted by Crippen LogP contribution is -2.46. The van der Waals surface area contributed by atoms with Crippen LogP contribution in [-0.2, 0) is 29.2 Å². The summed E-state index contributed by atoms with van der Waals surface area (Å²) in [7, 11) is -4.32. The number of carboxylic acid groups (broad SMARTS) is 1. The zero-order chi connectivity index (χ0) is 17.6. The first-order chi connectivity index (χ1) is 9.80. The molecular formula is C11H19NO9S. The first kappa shape index (κ1) is 20.1. The van der Waals surface area contributed by atoms with E-state index in [0.29, 0.717) is 0 Å². The summed E-state index contributed by atoms with van der Waals surface area (Å²) in [6.07, 6.45) is -1.65. The lowest BCUT2D eigenvalue weighted by Gasteiger charge is -2.21. The second-order valence-corrected chi connectivity index (χ2v) is 6.83. The maximum Gasteiger partial charge on any atom is 0.408 e. The number of ether oxygens (including phenoxy) is 2. The highest BCUT2D eigenvalue weighted by atomic mass is 32.2. The predicted octanol–water partition coefficient (Wildman–Crippen LogP) is -0.215. The Bertz CT molecular complexity index is 520. The van der Waals surface area contributed by atoms with Crippen LogP contribution < -0.4 is 5.32 Å². The van der Waals surface area contributed by atoms with Gasteiger partial charge >= 0.3 is 18.0 Å². The lowest BCUT2D eigenvalue weighted by molar-refractivity contribution is -0.148. The maximum atomic E-state index is 11.4. The van der Waals surface area contributed by atoms with Crippen molar-refractivity contribution in [1.82, 2.24) is 5.32 Å². The predicted molar refractivity (Wildman–Crippen MR) is 72.8 cm³/mol. The van der Waals surface area contributed by atoms with Gasteiger partial charge in [0.15, 0.2) is 6.04 Å². The van der Waals surface area contributed by atoms with Gasteiger partial charge in [0.25, 0.3) is 10.1 Å².